The molecular weight excluding hydrogens is 288 g/mol. The van der Waals surface area contributed by atoms with E-state index in [0.29, 0.717) is 6.61 Å². The maximum atomic E-state index is 10.4. The maximum Gasteiger partial charge on any atom is 0.104 e. The Labute approximate surface area is 137 Å². The van der Waals surface area contributed by atoms with Gasteiger partial charge in [-0.3, -0.25) is 0 Å². The molecule has 1 heterocycles. The van der Waals surface area contributed by atoms with E-state index in [0.717, 1.165) is 5.56 Å². The monoisotopic (exact) mass is 310 g/mol. The van der Waals surface area contributed by atoms with Crippen LogP contribution in [0.5, 0.6) is 0 Å². The third kappa shape index (κ3) is 3.70. The second-order valence-corrected chi connectivity index (χ2v) is 5.79. The highest BCUT2D eigenvalue weighted by Crippen LogP contribution is 2.34. The lowest BCUT2D eigenvalue weighted by Crippen LogP contribution is -2.39. The van der Waals surface area contributed by atoms with Crippen molar-refractivity contribution in [3.63, 3.8) is 0 Å². The molecular formula is C20H22O3. The lowest BCUT2D eigenvalue weighted by Gasteiger charge is -2.34. The topological polar surface area (TPSA) is 38.7 Å². The molecule has 2 aromatic carbocycles. The Morgan fingerprint density at radius 1 is 1.17 bits per heavy atom. The molecule has 0 saturated carbocycles. The molecule has 3 rings (SSSR count). The highest BCUT2D eigenvalue weighted by Gasteiger charge is 2.33. The molecule has 0 radical (unpaired) electrons. The number of fused-ring (bicyclic) bond motifs is 1. The van der Waals surface area contributed by atoms with Crippen LogP contribution >= 0.6 is 0 Å². The minimum absolute atomic E-state index is 0.00491. The Kier molecular flexibility index (Phi) is 5.23. The molecule has 1 N–H and O–H groups in total. The van der Waals surface area contributed by atoms with Gasteiger partial charge in [0, 0.05) is 13.0 Å². The Bertz CT molecular complexity index is 651. The van der Waals surface area contributed by atoms with Crippen molar-refractivity contribution >= 4 is 6.08 Å². The van der Waals surface area contributed by atoms with Crippen molar-refractivity contribution in [3.8, 4) is 0 Å². The zero-order valence-corrected chi connectivity index (χ0v) is 13.3. The number of aliphatic hydroxyl groups is 1. The Balaban J connectivity index is 1.91. The molecule has 0 bridgehead atoms. The summed E-state index contributed by atoms with van der Waals surface area (Å²) in [5.41, 5.74) is 3.53. The van der Waals surface area contributed by atoms with Crippen LogP contribution in [0.15, 0.2) is 60.7 Å². The van der Waals surface area contributed by atoms with E-state index in [1.807, 2.05) is 30.3 Å². The normalized spacial score (nSPS) is 22.0. The van der Waals surface area contributed by atoms with Crippen LogP contribution in [0.1, 0.15) is 22.6 Å². The van der Waals surface area contributed by atoms with Gasteiger partial charge in [0.05, 0.1) is 19.3 Å². The number of ether oxygens (including phenoxy) is 2. The summed E-state index contributed by atoms with van der Waals surface area (Å²) in [6.07, 6.45) is 3.25. The van der Waals surface area contributed by atoms with Gasteiger partial charge in [0.2, 0.25) is 0 Å². The first-order valence-corrected chi connectivity index (χ1v) is 7.89. The first-order chi connectivity index (χ1) is 11.3. The lowest BCUT2D eigenvalue weighted by molar-refractivity contribution is -0.0844. The highest BCUT2D eigenvalue weighted by molar-refractivity contribution is 5.52. The van der Waals surface area contributed by atoms with Crippen molar-refractivity contribution in [2.24, 2.45) is 0 Å². The van der Waals surface area contributed by atoms with Crippen molar-refractivity contribution in [3.05, 3.63) is 77.4 Å². The van der Waals surface area contributed by atoms with Crippen LogP contribution in [-0.4, -0.2) is 31.0 Å². The fourth-order valence-corrected chi connectivity index (χ4v) is 3.07. The van der Waals surface area contributed by atoms with Crippen LogP contribution in [0.25, 0.3) is 6.08 Å². The molecule has 120 valence electrons. The second-order valence-electron chi connectivity index (χ2n) is 5.79. The first kappa shape index (κ1) is 15.9. The van der Waals surface area contributed by atoms with Crippen LogP contribution in [0.3, 0.4) is 0 Å². The predicted molar refractivity (Wildman–Crippen MR) is 91.1 cm³/mol. The second kappa shape index (κ2) is 7.55. The standard InChI is InChI=1S/C20H22O3/c1-22-14-19(21)20-18(12-11-15-7-3-2-4-8-15)17-10-6-5-9-16(17)13-23-20/h2-12,18-21H,13-14H2,1H3/b12-11+/t18-,19+,20-/m0/s1. The van der Waals surface area contributed by atoms with Crippen LogP contribution in [-0.2, 0) is 16.1 Å². The van der Waals surface area contributed by atoms with E-state index >= 15 is 0 Å². The van der Waals surface area contributed by atoms with E-state index in [9.17, 15) is 5.11 Å². The molecule has 3 atom stereocenters. The Morgan fingerprint density at radius 2 is 1.91 bits per heavy atom. The van der Waals surface area contributed by atoms with E-state index in [-0.39, 0.29) is 18.6 Å². The molecule has 0 aromatic heterocycles. The SMILES string of the molecule is COC[C@@H](O)[C@H]1OCc2ccccc2[C@@H]1/C=C/c1ccccc1. The molecule has 0 saturated heterocycles. The van der Waals surface area contributed by atoms with E-state index < -0.39 is 6.10 Å². The molecule has 1 aliphatic heterocycles. The van der Waals surface area contributed by atoms with Crippen molar-refractivity contribution in [2.45, 2.75) is 24.7 Å². The molecule has 0 spiro atoms. The van der Waals surface area contributed by atoms with Crippen LogP contribution in [0, 0.1) is 0 Å². The average molecular weight is 310 g/mol. The minimum Gasteiger partial charge on any atom is -0.388 e. The number of aliphatic hydroxyl groups excluding tert-OH is 1. The van der Waals surface area contributed by atoms with Gasteiger partial charge in [-0.25, -0.2) is 0 Å². The molecule has 2 aromatic rings. The number of hydrogen-bond acceptors (Lipinski definition) is 3. The van der Waals surface area contributed by atoms with Gasteiger partial charge in [-0.05, 0) is 16.7 Å². The van der Waals surface area contributed by atoms with E-state index in [2.05, 4.69) is 36.4 Å². The van der Waals surface area contributed by atoms with Crippen molar-refractivity contribution < 1.29 is 14.6 Å². The summed E-state index contributed by atoms with van der Waals surface area (Å²) in [4.78, 5) is 0. The van der Waals surface area contributed by atoms with Gasteiger partial charge in [0.15, 0.2) is 0 Å². The highest BCUT2D eigenvalue weighted by atomic mass is 16.5. The smallest absolute Gasteiger partial charge is 0.104 e. The van der Waals surface area contributed by atoms with Gasteiger partial charge in [-0.2, -0.15) is 0 Å². The Morgan fingerprint density at radius 3 is 2.70 bits per heavy atom. The summed E-state index contributed by atoms with van der Waals surface area (Å²) in [6, 6.07) is 18.4. The largest absolute Gasteiger partial charge is 0.388 e. The van der Waals surface area contributed by atoms with Gasteiger partial charge in [-0.15, -0.1) is 0 Å². The number of hydrogen-bond donors (Lipinski definition) is 1. The average Bonchev–Trinajstić information content (AvgIpc) is 2.60. The molecule has 0 fully saturated rings. The molecule has 1 aliphatic rings. The zero-order valence-electron chi connectivity index (χ0n) is 13.3. The van der Waals surface area contributed by atoms with Crippen molar-refractivity contribution in [1.29, 1.82) is 0 Å². The summed E-state index contributed by atoms with van der Waals surface area (Å²) in [5, 5.41) is 10.4. The predicted octanol–water partition coefficient (Wildman–Crippen LogP) is 3.39. The van der Waals surface area contributed by atoms with E-state index in [1.165, 1.54) is 11.1 Å². The lowest BCUT2D eigenvalue weighted by atomic mass is 9.84. The summed E-state index contributed by atoms with van der Waals surface area (Å²) < 4.78 is 11.0. The van der Waals surface area contributed by atoms with Crippen LogP contribution in [0.2, 0.25) is 0 Å². The molecule has 0 aliphatic carbocycles. The van der Waals surface area contributed by atoms with Gasteiger partial charge in [0.25, 0.3) is 0 Å². The van der Waals surface area contributed by atoms with Crippen molar-refractivity contribution in [1.82, 2.24) is 0 Å². The van der Waals surface area contributed by atoms with Gasteiger partial charge in [-0.1, -0.05) is 66.7 Å². The summed E-state index contributed by atoms with van der Waals surface area (Å²) in [5.74, 6) is 0.00491. The van der Waals surface area contributed by atoms with E-state index in [1.54, 1.807) is 7.11 Å². The number of rotatable bonds is 5. The fraction of sp³-hybridized carbons (Fsp3) is 0.300. The molecule has 3 heteroatoms. The van der Waals surface area contributed by atoms with Gasteiger partial charge in [0.1, 0.15) is 6.10 Å². The molecule has 23 heavy (non-hydrogen) atoms. The number of methoxy groups -OCH3 is 1. The van der Waals surface area contributed by atoms with Crippen LogP contribution < -0.4 is 0 Å². The quantitative estimate of drug-likeness (QED) is 0.920. The Hall–Kier alpha value is -1.94. The first-order valence-electron chi connectivity index (χ1n) is 7.89. The van der Waals surface area contributed by atoms with Gasteiger partial charge >= 0.3 is 0 Å². The van der Waals surface area contributed by atoms with E-state index in [4.69, 9.17) is 9.47 Å². The maximum absolute atomic E-state index is 10.4. The van der Waals surface area contributed by atoms with Crippen LogP contribution in [0.4, 0.5) is 0 Å². The third-order valence-electron chi connectivity index (χ3n) is 4.21. The minimum atomic E-state index is -0.654. The third-order valence-corrected chi connectivity index (χ3v) is 4.21. The summed E-state index contributed by atoms with van der Waals surface area (Å²) in [7, 11) is 1.59. The summed E-state index contributed by atoms with van der Waals surface area (Å²) in [6.45, 7) is 0.791. The van der Waals surface area contributed by atoms with Gasteiger partial charge < -0.3 is 14.6 Å². The zero-order chi connectivity index (χ0) is 16.1. The molecule has 0 amide bonds. The molecule has 3 nitrogen and oxygen atoms in total. The fourth-order valence-electron chi connectivity index (χ4n) is 3.07. The summed E-state index contributed by atoms with van der Waals surface area (Å²) >= 11 is 0. The van der Waals surface area contributed by atoms with Crippen molar-refractivity contribution in [2.75, 3.05) is 13.7 Å². The number of benzene rings is 2. The molecule has 0 unspecified atom stereocenters.